The van der Waals surface area contributed by atoms with Gasteiger partial charge in [-0.05, 0) is 19.1 Å². The average molecular weight is 284 g/mol. The van der Waals surface area contributed by atoms with Gasteiger partial charge in [-0.15, -0.1) is 3.89 Å². The van der Waals surface area contributed by atoms with Gasteiger partial charge < -0.3 is 9.73 Å². The van der Waals surface area contributed by atoms with Crippen LogP contribution in [-0.4, -0.2) is 19.3 Å². The highest BCUT2D eigenvalue weighted by molar-refractivity contribution is 7.86. The van der Waals surface area contributed by atoms with Crippen LogP contribution in [0, 0.1) is 6.92 Å². The second-order valence-corrected chi connectivity index (χ2v) is 4.97. The second kappa shape index (κ2) is 4.81. The van der Waals surface area contributed by atoms with E-state index in [0.717, 1.165) is 12.5 Å². The number of oxazole rings is 1. The van der Waals surface area contributed by atoms with Crippen molar-refractivity contribution in [3.8, 4) is 0 Å². The molecular weight excluding hydrogens is 275 g/mol. The Morgan fingerprint density at radius 1 is 1.37 bits per heavy atom. The summed E-state index contributed by atoms with van der Waals surface area (Å²) in [4.78, 5) is 14.9. The highest BCUT2D eigenvalue weighted by Crippen LogP contribution is 2.23. The number of halogens is 1. The van der Waals surface area contributed by atoms with Crippen molar-refractivity contribution in [2.75, 3.05) is 5.32 Å². The van der Waals surface area contributed by atoms with Crippen LogP contribution < -0.4 is 5.32 Å². The van der Waals surface area contributed by atoms with E-state index in [1.165, 1.54) is 18.2 Å². The molecule has 1 aromatic carbocycles. The number of aromatic nitrogens is 1. The molecule has 0 saturated carbocycles. The Labute approximate surface area is 108 Å². The SMILES string of the molecule is Cc1ncoc1C(=O)Nc1ccccc1S(=O)(=O)F. The molecule has 1 N–H and O–H groups in total. The molecular formula is C11H9FN2O4S. The van der Waals surface area contributed by atoms with Crippen LogP contribution in [0.1, 0.15) is 16.2 Å². The first-order valence-electron chi connectivity index (χ1n) is 5.14. The number of carbonyl (C=O) groups excluding carboxylic acids is 1. The van der Waals surface area contributed by atoms with Crippen LogP contribution in [0.15, 0.2) is 40.0 Å². The zero-order valence-corrected chi connectivity index (χ0v) is 10.6. The zero-order valence-electron chi connectivity index (χ0n) is 9.75. The Bertz CT molecular complexity index is 724. The summed E-state index contributed by atoms with van der Waals surface area (Å²) in [5.41, 5.74) is 0.184. The van der Waals surface area contributed by atoms with E-state index in [1.54, 1.807) is 6.92 Å². The molecule has 1 aromatic heterocycles. The third-order valence-electron chi connectivity index (χ3n) is 2.35. The van der Waals surface area contributed by atoms with Crippen LogP contribution in [0.25, 0.3) is 0 Å². The van der Waals surface area contributed by atoms with E-state index in [-0.39, 0.29) is 11.4 Å². The summed E-state index contributed by atoms with van der Waals surface area (Å²) < 4.78 is 39.8. The number of nitrogens with zero attached hydrogens (tertiary/aromatic N) is 1. The van der Waals surface area contributed by atoms with Crippen LogP contribution in [0.3, 0.4) is 0 Å². The Kier molecular flexibility index (Phi) is 3.34. The van der Waals surface area contributed by atoms with Gasteiger partial charge in [0.25, 0.3) is 5.91 Å². The van der Waals surface area contributed by atoms with Gasteiger partial charge in [0.2, 0.25) is 5.76 Å². The van der Waals surface area contributed by atoms with Gasteiger partial charge in [-0.3, -0.25) is 4.79 Å². The highest BCUT2D eigenvalue weighted by atomic mass is 32.3. The van der Waals surface area contributed by atoms with E-state index in [9.17, 15) is 17.1 Å². The van der Waals surface area contributed by atoms with Crippen molar-refractivity contribution in [2.24, 2.45) is 0 Å². The third kappa shape index (κ3) is 2.79. The number of benzene rings is 1. The van der Waals surface area contributed by atoms with Gasteiger partial charge in [-0.25, -0.2) is 4.98 Å². The molecule has 1 amide bonds. The molecule has 100 valence electrons. The van der Waals surface area contributed by atoms with E-state index in [0.29, 0.717) is 5.69 Å². The lowest BCUT2D eigenvalue weighted by atomic mass is 10.3. The Balaban J connectivity index is 2.35. The van der Waals surface area contributed by atoms with Crippen LogP contribution in [0.2, 0.25) is 0 Å². The largest absolute Gasteiger partial charge is 0.438 e. The summed E-state index contributed by atoms with van der Waals surface area (Å²) >= 11 is 0. The molecule has 0 bridgehead atoms. The molecule has 0 atom stereocenters. The second-order valence-electron chi connectivity index (χ2n) is 3.66. The summed E-state index contributed by atoms with van der Waals surface area (Å²) in [7, 11) is -4.92. The molecule has 0 spiro atoms. The molecule has 2 rings (SSSR count). The molecule has 0 fully saturated rings. The lowest BCUT2D eigenvalue weighted by Gasteiger charge is -2.06. The molecule has 1 heterocycles. The van der Waals surface area contributed by atoms with Crippen molar-refractivity contribution >= 4 is 21.8 Å². The number of amides is 1. The van der Waals surface area contributed by atoms with E-state index in [2.05, 4.69) is 10.3 Å². The lowest BCUT2D eigenvalue weighted by Crippen LogP contribution is -2.14. The Morgan fingerprint density at radius 2 is 2.05 bits per heavy atom. The minimum Gasteiger partial charge on any atom is -0.438 e. The molecule has 0 aliphatic rings. The molecule has 6 nitrogen and oxygen atoms in total. The number of aryl methyl sites for hydroxylation is 1. The number of carbonyl (C=O) groups is 1. The van der Waals surface area contributed by atoms with Gasteiger partial charge in [-0.2, -0.15) is 8.42 Å². The lowest BCUT2D eigenvalue weighted by molar-refractivity contribution is 0.0995. The van der Waals surface area contributed by atoms with E-state index in [1.807, 2.05) is 0 Å². The highest BCUT2D eigenvalue weighted by Gasteiger charge is 2.20. The summed E-state index contributed by atoms with van der Waals surface area (Å²) in [5.74, 6) is -0.767. The van der Waals surface area contributed by atoms with Gasteiger partial charge >= 0.3 is 10.2 Å². The van der Waals surface area contributed by atoms with Gasteiger partial charge in [-0.1, -0.05) is 12.1 Å². The summed E-state index contributed by atoms with van der Waals surface area (Å²) in [6, 6.07) is 5.15. The maximum absolute atomic E-state index is 13.0. The van der Waals surface area contributed by atoms with Gasteiger partial charge in [0.05, 0.1) is 11.4 Å². The smallest absolute Gasteiger partial charge is 0.334 e. The van der Waals surface area contributed by atoms with Gasteiger partial charge in [0, 0.05) is 0 Å². The summed E-state index contributed by atoms with van der Waals surface area (Å²) in [5, 5.41) is 2.27. The van der Waals surface area contributed by atoms with Crippen molar-refractivity contribution in [1.29, 1.82) is 0 Å². The Hall–Kier alpha value is -2.22. The van der Waals surface area contributed by atoms with Crippen molar-refractivity contribution in [1.82, 2.24) is 4.98 Å². The van der Waals surface area contributed by atoms with Crippen molar-refractivity contribution < 1.29 is 21.5 Å². The van der Waals surface area contributed by atoms with E-state index in [4.69, 9.17) is 4.42 Å². The number of para-hydroxylation sites is 1. The van der Waals surface area contributed by atoms with Crippen LogP contribution in [0.5, 0.6) is 0 Å². The van der Waals surface area contributed by atoms with Crippen LogP contribution >= 0.6 is 0 Å². The normalized spacial score (nSPS) is 11.3. The predicted molar refractivity (Wildman–Crippen MR) is 63.9 cm³/mol. The fourth-order valence-electron chi connectivity index (χ4n) is 1.48. The number of rotatable bonds is 3. The van der Waals surface area contributed by atoms with E-state index < -0.39 is 21.0 Å². The monoisotopic (exact) mass is 284 g/mol. The maximum atomic E-state index is 13.0. The van der Waals surface area contributed by atoms with E-state index >= 15 is 0 Å². The van der Waals surface area contributed by atoms with Crippen molar-refractivity contribution in [2.45, 2.75) is 11.8 Å². The minimum absolute atomic E-state index is 0.0638. The van der Waals surface area contributed by atoms with Gasteiger partial charge in [0.15, 0.2) is 6.39 Å². The fourth-order valence-corrected chi connectivity index (χ4v) is 2.10. The molecule has 0 aliphatic heterocycles. The number of nitrogens with one attached hydrogen (secondary N) is 1. The first-order chi connectivity index (χ1) is 8.89. The first-order valence-corrected chi connectivity index (χ1v) is 6.53. The molecule has 0 saturated heterocycles. The standard InChI is InChI=1S/C11H9FN2O4S/c1-7-10(18-6-13-7)11(15)14-8-4-2-3-5-9(8)19(12,16)17/h2-6H,1H3,(H,14,15). The quantitative estimate of drug-likeness (QED) is 0.869. The molecule has 0 radical (unpaired) electrons. The maximum Gasteiger partial charge on any atom is 0.334 e. The molecule has 8 heteroatoms. The van der Waals surface area contributed by atoms with Crippen LogP contribution in [-0.2, 0) is 10.2 Å². The number of hydrogen-bond acceptors (Lipinski definition) is 5. The predicted octanol–water partition coefficient (Wildman–Crippen LogP) is 1.89. The topological polar surface area (TPSA) is 89.3 Å². The summed E-state index contributed by atoms with van der Waals surface area (Å²) in [6.07, 6.45) is 1.09. The molecule has 19 heavy (non-hydrogen) atoms. The van der Waals surface area contributed by atoms with Crippen molar-refractivity contribution in [3.05, 3.63) is 42.1 Å². The molecule has 0 unspecified atom stereocenters. The zero-order chi connectivity index (χ0) is 14.0. The third-order valence-corrected chi connectivity index (χ3v) is 3.23. The van der Waals surface area contributed by atoms with Crippen molar-refractivity contribution in [3.63, 3.8) is 0 Å². The molecule has 0 aliphatic carbocycles. The summed E-state index contributed by atoms with van der Waals surface area (Å²) in [6.45, 7) is 1.55. The molecule has 2 aromatic rings. The Morgan fingerprint density at radius 3 is 2.63 bits per heavy atom. The number of hydrogen-bond donors (Lipinski definition) is 1. The van der Waals surface area contributed by atoms with Crippen LogP contribution in [0.4, 0.5) is 9.57 Å². The van der Waals surface area contributed by atoms with Gasteiger partial charge in [0.1, 0.15) is 4.90 Å². The fraction of sp³-hybridized carbons (Fsp3) is 0.0909. The number of anilines is 1. The minimum atomic E-state index is -4.92. The average Bonchev–Trinajstić information content (AvgIpc) is 2.75. The first kappa shape index (κ1) is 13.2.